The van der Waals surface area contributed by atoms with Crippen molar-refractivity contribution >= 4 is 15.8 Å². The normalized spacial score (nSPS) is 24.4. The van der Waals surface area contributed by atoms with Crippen LogP contribution < -0.4 is 4.90 Å². The number of nitrogens with zero attached hydrogens (tertiary/aromatic N) is 3. The number of pyridine rings is 1. The Labute approximate surface area is 132 Å². The van der Waals surface area contributed by atoms with Crippen LogP contribution in [0.1, 0.15) is 26.2 Å². The van der Waals surface area contributed by atoms with Crippen LogP contribution >= 0.6 is 0 Å². The van der Waals surface area contributed by atoms with Crippen LogP contribution in [0.25, 0.3) is 0 Å². The minimum Gasteiger partial charge on any atom is -0.379 e. The Hall–Kier alpha value is -1.18. The second-order valence-electron chi connectivity index (χ2n) is 5.91. The Morgan fingerprint density at radius 3 is 2.59 bits per heavy atom. The van der Waals surface area contributed by atoms with Crippen LogP contribution in [0.4, 0.5) is 5.82 Å². The lowest BCUT2D eigenvalue weighted by atomic mass is 10.0. The Morgan fingerprint density at radius 2 is 1.95 bits per heavy atom. The van der Waals surface area contributed by atoms with E-state index >= 15 is 0 Å². The molecule has 2 aliphatic rings. The quantitative estimate of drug-likeness (QED) is 0.842. The van der Waals surface area contributed by atoms with E-state index in [1.165, 1.54) is 23.3 Å². The monoisotopic (exact) mass is 325 g/mol. The van der Waals surface area contributed by atoms with E-state index in [1.54, 1.807) is 6.07 Å². The molecular formula is C15H23N3O3S. The Balaban J connectivity index is 1.78. The summed E-state index contributed by atoms with van der Waals surface area (Å²) in [6.45, 7) is 4.91. The van der Waals surface area contributed by atoms with Crippen LogP contribution in [0.5, 0.6) is 0 Å². The maximum atomic E-state index is 12.6. The van der Waals surface area contributed by atoms with E-state index in [2.05, 4.69) is 16.8 Å². The Bertz CT molecular complexity index is 597. The first-order valence-electron chi connectivity index (χ1n) is 7.89. The molecule has 7 heteroatoms. The summed E-state index contributed by atoms with van der Waals surface area (Å²) < 4.78 is 31.8. The van der Waals surface area contributed by atoms with E-state index in [0.717, 1.165) is 18.8 Å². The number of ether oxygens (including phenoxy) is 1. The summed E-state index contributed by atoms with van der Waals surface area (Å²) in [5.41, 5.74) is 0. The molecule has 1 aromatic heterocycles. The van der Waals surface area contributed by atoms with Gasteiger partial charge in [0.2, 0.25) is 10.0 Å². The van der Waals surface area contributed by atoms with E-state index in [4.69, 9.17) is 4.74 Å². The molecule has 0 aromatic carbocycles. The maximum absolute atomic E-state index is 12.6. The fourth-order valence-electron chi connectivity index (χ4n) is 3.07. The summed E-state index contributed by atoms with van der Waals surface area (Å²) >= 11 is 0. The van der Waals surface area contributed by atoms with Gasteiger partial charge in [0.1, 0.15) is 10.7 Å². The largest absolute Gasteiger partial charge is 0.379 e. The lowest BCUT2D eigenvalue weighted by Gasteiger charge is -2.34. The van der Waals surface area contributed by atoms with Gasteiger partial charge in [-0.15, -0.1) is 0 Å². The molecule has 1 aromatic rings. The summed E-state index contributed by atoms with van der Waals surface area (Å²) in [5.74, 6) is 0.869. The number of hydrogen-bond donors (Lipinski definition) is 0. The summed E-state index contributed by atoms with van der Waals surface area (Å²) in [6.07, 6.45) is 5.07. The average molecular weight is 325 g/mol. The number of aromatic nitrogens is 1. The molecule has 0 bridgehead atoms. The molecule has 0 radical (unpaired) electrons. The SMILES string of the molecule is CC1CCCCN1c1ccc(S(=O)(=O)N2CCOCC2)cn1. The number of hydrogen-bond acceptors (Lipinski definition) is 5. The van der Waals surface area contributed by atoms with E-state index in [-0.39, 0.29) is 4.90 Å². The van der Waals surface area contributed by atoms with Crippen LogP contribution in [0, 0.1) is 0 Å². The molecule has 0 N–H and O–H groups in total. The third-order valence-corrected chi connectivity index (χ3v) is 6.31. The van der Waals surface area contributed by atoms with Crippen molar-refractivity contribution in [3.8, 4) is 0 Å². The second-order valence-corrected chi connectivity index (χ2v) is 7.84. The molecule has 22 heavy (non-hydrogen) atoms. The second kappa shape index (κ2) is 6.52. The first-order valence-corrected chi connectivity index (χ1v) is 9.33. The summed E-state index contributed by atoms with van der Waals surface area (Å²) in [7, 11) is -3.45. The maximum Gasteiger partial charge on any atom is 0.244 e. The van der Waals surface area contributed by atoms with Gasteiger partial charge in [0, 0.05) is 31.9 Å². The molecule has 0 spiro atoms. The number of rotatable bonds is 3. The van der Waals surface area contributed by atoms with Crippen molar-refractivity contribution in [2.45, 2.75) is 37.1 Å². The number of sulfonamides is 1. The molecule has 2 saturated heterocycles. The van der Waals surface area contributed by atoms with Gasteiger partial charge in [-0.2, -0.15) is 4.31 Å². The van der Waals surface area contributed by atoms with Crippen LogP contribution in [0.3, 0.4) is 0 Å². The van der Waals surface area contributed by atoms with Gasteiger partial charge in [-0.1, -0.05) is 0 Å². The molecule has 2 fully saturated rings. The highest BCUT2D eigenvalue weighted by Gasteiger charge is 2.27. The summed E-state index contributed by atoms with van der Waals surface area (Å²) in [6, 6.07) is 3.96. The number of anilines is 1. The third-order valence-electron chi connectivity index (χ3n) is 4.43. The highest BCUT2D eigenvalue weighted by atomic mass is 32.2. The molecule has 1 atom stereocenters. The molecule has 0 amide bonds. The molecule has 122 valence electrons. The van der Waals surface area contributed by atoms with Crippen LogP contribution in [0.2, 0.25) is 0 Å². The molecular weight excluding hydrogens is 302 g/mol. The van der Waals surface area contributed by atoms with Crippen molar-refractivity contribution in [1.29, 1.82) is 0 Å². The van der Waals surface area contributed by atoms with Gasteiger partial charge >= 0.3 is 0 Å². The van der Waals surface area contributed by atoms with Crippen molar-refractivity contribution < 1.29 is 13.2 Å². The highest BCUT2D eigenvalue weighted by Crippen LogP contribution is 2.24. The molecule has 2 aliphatic heterocycles. The molecule has 3 rings (SSSR count). The first-order chi connectivity index (χ1) is 10.6. The standard InChI is InChI=1S/C15H23N3O3S/c1-13-4-2-3-7-18(13)15-6-5-14(12-16-15)22(19,20)17-8-10-21-11-9-17/h5-6,12-13H,2-4,7-11H2,1H3. The lowest BCUT2D eigenvalue weighted by Crippen LogP contribution is -2.40. The van der Waals surface area contributed by atoms with Crippen molar-refractivity contribution in [3.05, 3.63) is 18.3 Å². The number of piperidine rings is 1. The van der Waals surface area contributed by atoms with E-state index in [1.807, 2.05) is 6.07 Å². The molecule has 1 unspecified atom stereocenters. The van der Waals surface area contributed by atoms with Crippen molar-refractivity contribution in [2.24, 2.45) is 0 Å². The molecule has 0 saturated carbocycles. The van der Waals surface area contributed by atoms with Crippen molar-refractivity contribution in [3.63, 3.8) is 0 Å². The zero-order chi connectivity index (χ0) is 15.6. The van der Waals surface area contributed by atoms with Gasteiger partial charge in [0.25, 0.3) is 0 Å². The highest BCUT2D eigenvalue weighted by molar-refractivity contribution is 7.89. The summed E-state index contributed by atoms with van der Waals surface area (Å²) in [4.78, 5) is 6.93. The van der Waals surface area contributed by atoms with Gasteiger partial charge in [-0.05, 0) is 38.3 Å². The van der Waals surface area contributed by atoms with Gasteiger partial charge in [0.15, 0.2) is 0 Å². The Morgan fingerprint density at radius 1 is 1.18 bits per heavy atom. The fourth-order valence-corrected chi connectivity index (χ4v) is 4.42. The molecule has 3 heterocycles. The van der Waals surface area contributed by atoms with Gasteiger partial charge < -0.3 is 9.64 Å². The van der Waals surface area contributed by atoms with Crippen LogP contribution in [0.15, 0.2) is 23.2 Å². The third kappa shape index (κ3) is 3.11. The zero-order valence-electron chi connectivity index (χ0n) is 12.9. The van der Waals surface area contributed by atoms with Gasteiger partial charge in [-0.3, -0.25) is 0 Å². The summed E-state index contributed by atoms with van der Waals surface area (Å²) in [5, 5.41) is 0. The van der Waals surface area contributed by atoms with Gasteiger partial charge in [-0.25, -0.2) is 13.4 Å². The predicted octanol–water partition coefficient (Wildman–Crippen LogP) is 1.48. The van der Waals surface area contributed by atoms with Crippen LogP contribution in [-0.4, -0.2) is 56.6 Å². The topological polar surface area (TPSA) is 62.7 Å². The van der Waals surface area contributed by atoms with E-state index in [9.17, 15) is 8.42 Å². The minimum atomic E-state index is -3.45. The van der Waals surface area contributed by atoms with Crippen LogP contribution in [-0.2, 0) is 14.8 Å². The fraction of sp³-hybridized carbons (Fsp3) is 0.667. The minimum absolute atomic E-state index is 0.266. The Kier molecular flexibility index (Phi) is 4.65. The smallest absolute Gasteiger partial charge is 0.244 e. The van der Waals surface area contributed by atoms with Crippen molar-refractivity contribution in [2.75, 3.05) is 37.7 Å². The van der Waals surface area contributed by atoms with Crippen molar-refractivity contribution in [1.82, 2.24) is 9.29 Å². The zero-order valence-corrected chi connectivity index (χ0v) is 13.8. The lowest BCUT2D eigenvalue weighted by molar-refractivity contribution is 0.0730. The van der Waals surface area contributed by atoms with E-state index < -0.39 is 10.0 Å². The molecule has 0 aliphatic carbocycles. The predicted molar refractivity (Wildman–Crippen MR) is 84.5 cm³/mol. The average Bonchev–Trinajstić information content (AvgIpc) is 2.56. The number of morpholine rings is 1. The first kappa shape index (κ1) is 15.7. The molecule has 6 nitrogen and oxygen atoms in total. The van der Waals surface area contributed by atoms with E-state index in [0.29, 0.717) is 32.3 Å². The van der Waals surface area contributed by atoms with Gasteiger partial charge in [0.05, 0.1) is 13.2 Å².